The first-order valence-electron chi connectivity index (χ1n) is 5.43. The van der Waals surface area contributed by atoms with Gasteiger partial charge in [-0.3, -0.25) is 0 Å². The van der Waals surface area contributed by atoms with E-state index in [-0.39, 0.29) is 10.4 Å². The Morgan fingerprint density at radius 1 is 1.44 bits per heavy atom. The fraction of sp³-hybridized carbons (Fsp3) is 0.500. The van der Waals surface area contributed by atoms with Gasteiger partial charge in [-0.05, 0) is 37.9 Å². The second kappa shape index (κ2) is 4.60. The predicted molar refractivity (Wildman–Crippen MR) is 62.2 cm³/mol. The van der Waals surface area contributed by atoms with E-state index < -0.39 is 5.82 Å². The lowest BCUT2D eigenvalue weighted by atomic mass is 10.0. The minimum absolute atomic E-state index is 0.0983. The van der Waals surface area contributed by atoms with Gasteiger partial charge in [0.05, 0.1) is 11.6 Å². The lowest BCUT2D eigenvalue weighted by Gasteiger charge is -2.15. The molecule has 0 spiro atoms. The third kappa shape index (κ3) is 2.66. The van der Waals surface area contributed by atoms with Crippen LogP contribution in [0.2, 0.25) is 5.02 Å². The van der Waals surface area contributed by atoms with E-state index in [1.807, 2.05) is 0 Å². The molecule has 0 aliphatic heterocycles. The summed E-state index contributed by atoms with van der Waals surface area (Å²) in [5, 5.41) is 0.0983. The van der Waals surface area contributed by atoms with E-state index in [0.29, 0.717) is 18.9 Å². The molecule has 0 radical (unpaired) electrons. The smallest absolute Gasteiger partial charge is 0.142 e. The van der Waals surface area contributed by atoms with Crippen molar-refractivity contribution in [3.05, 3.63) is 29.0 Å². The average molecular weight is 244 g/mol. The van der Waals surface area contributed by atoms with Crippen LogP contribution in [0, 0.1) is 11.2 Å². The standard InChI is InChI=1S/C12H15ClFNO/c13-10-7-9(1-2-11(10)14)16-8-12(3-4-12)5-6-15/h1-2,7H,3-6,8,15H2. The largest absolute Gasteiger partial charge is 0.493 e. The molecule has 1 aliphatic rings. The highest BCUT2D eigenvalue weighted by Crippen LogP contribution is 2.48. The maximum Gasteiger partial charge on any atom is 0.142 e. The number of hydrogen-bond donors (Lipinski definition) is 1. The van der Waals surface area contributed by atoms with Crippen LogP contribution in [0.25, 0.3) is 0 Å². The topological polar surface area (TPSA) is 35.2 Å². The molecule has 88 valence electrons. The first kappa shape index (κ1) is 11.7. The monoisotopic (exact) mass is 243 g/mol. The van der Waals surface area contributed by atoms with Gasteiger partial charge in [0, 0.05) is 11.5 Å². The molecule has 0 aromatic heterocycles. The number of rotatable bonds is 5. The zero-order valence-electron chi connectivity index (χ0n) is 9.01. The highest BCUT2D eigenvalue weighted by atomic mass is 35.5. The Morgan fingerprint density at radius 3 is 2.75 bits per heavy atom. The summed E-state index contributed by atoms with van der Waals surface area (Å²) in [5.74, 6) is 0.201. The Balaban J connectivity index is 1.92. The molecule has 0 atom stereocenters. The molecule has 0 amide bonds. The van der Waals surface area contributed by atoms with Crippen LogP contribution in [0.5, 0.6) is 5.75 Å². The zero-order chi connectivity index (χ0) is 11.6. The van der Waals surface area contributed by atoms with Gasteiger partial charge in [0.15, 0.2) is 0 Å². The Bertz CT molecular complexity index is 379. The van der Waals surface area contributed by atoms with E-state index in [1.165, 1.54) is 25.0 Å². The first-order chi connectivity index (χ1) is 7.65. The van der Waals surface area contributed by atoms with Crippen molar-refractivity contribution in [3.63, 3.8) is 0 Å². The van der Waals surface area contributed by atoms with Crippen LogP contribution in [-0.4, -0.2) is 13.2 Å². The van der Waals surface area contributed by atoms with E-state index >= 15 is 0 Å². The van der Waals surface area contributed by atoms with Crippen LogP contribution in [0.15, 0.2) is 18.2 Å². The Labute approximate surface area is 99.5 Å². The fourth-order valence-electron chi connectivity index (χ4n) is 1.75. The molecular weight excluding hydrogens is 229 g/mol. The fourth-order valence-corrected chi connectivity index (χ4v) is 1.92. The van der Waals surface area contributed by atoms with Gasteiger partial charge >= 0.3 is 0 Å². The lowest BCUT2D eigenvalue weighted by molar-refractivity contribution is 0.227. The summed E-state index contributed by atoms with van der Waals surface area (Å²) in [5.41, 5.74) is 5.80. The van der Waals surface area contributed by atoms with Crippen LogP contribution in [0.4, 0.5) is 4.39 Å². The van der Waals surface area contributed by atoms with Crippen LogP contribution in [0.1, 0.15) is 19.3 Å². The van der Waals surface area contributed by atoms with Crippen molar-refractivity contribution in [1.29, 1.82) is 0 Å². The normalized spacial score (nSPS) is 17.2. The second-order valence-corrected chi connectivity index (χ2v) is 4.81. The molecule has 0 bridgehead atoms. The van der Waals surface area contributed by atoms with Gasteiger partial charge in [0.1, 0.15) is 11.6 Å². The highest BCUT2D eigenvalue weighted by molar-refractivity contribution is 6.30. The Morgan fingerprint density at radius 2 is 2.19 bits per heavy atom. The van der Waals surface area contributed by atoms with Crippen molar-refractivity contribution in [2.24, 2.45) is 11.1 Å². The van der Waals surface area contributed by atoms with Crippen LogP contribution in [0.3, 0.4) is 0 Å². The minimum Gasteiger partial charge on any atom is -0.493 e. The van der Waals surface area contributed by atoms with Gasteiger partial charge in [-0.1, -0.05) is 11.6 Å². The molecule has 1 aromatic rings. The third-order valence-corrected chi connectivity index (χ3v) is 3.36. The van der Waals surface area contributed by atoms with Crippen molar-refractivity contribution in [2.75, 3.05) is 13.2 Å². The van der Waals surface area contributed by atoms with E-state index in [2.05, 4.69) is 0 Å². The Hall–Kier alpha value is -0.800. The summed E-state index contributed by atoms with van der Waals surface area (Å²) in [6.45, 7) is 1.33. The molecule has 0 heterocycles. The average Bonchev–Trinajstić information content (AvgIpc) is 3.01. The van der Waals surface area contributed by atoms with Crippen molar-refractivity contribution in [1.82, 2.24) is 0 Å². The summed E-state index contributed by atoms with van der Waals surface area (Å²) in [7, 11) is 0. The molecular formula is C12H15ClFNO. The molecule has 0 saturated heterocycles. The van der Waals surface area contributed by atoms with Crippen molar-refractivity contribution >= 4 is 11.6 Å². The molecule has 2 nitrogen and oxygen atoms in total. The lowest BCUT2D eigenvalue weighted by Crippen LogP contribution is -2.17. The van der Waals surface area contributed by atoms with Gasteiger partial charge in [-0.15, -0.1) is 0 Å². The molecule has 1 aliphatic carbocycles. The summed E-state index contributed by atoms with van der Waals surface area (Å²) in [4.78, 5) is 0. The van der Waals surface area contributed by atoms with Gasteiger partial charge in [0.2, 0.25) is 0 Å². The van der Waals surface area contributed by atoms with Gasteiger partial charge in [-0.2, -0.15) is 0 Å². The molecule has 2 rings (SSSR count). The minimum atomic E-state index is -0.419. The van der Waals surface area contributed by atoms with E-state index in [1.54, 1.807) is 6.07 Å². The molecule has 4 heteroatoms. The van der Waals surface area contributed by atoms with Crippen LogP contribution < -0.4 is 10.5 Å². The summed E-state index contributed by atoms with van der Waals surface area (Å²) < 4.78 is 18.5. The van der Waals surface area contributed by atoms with Gasteiger partial charge < -0.3 is 10.5 Å². The van der Waals surface area contributed by atoms with Gasteiger partial charge in [0.25, 0.3) is 0 Å². The predicted octanol–water partition coefficient (Wildman–Crippen LogP) is 2.99. The molecule has 16 heavy (non-hydrogen) atoms. The molecule has 1 fully saturated rings. The number of nitrogens with two attached hydrogens (primary N) is 1. The van der Waals surface area contributed by atoms with E-state index in [4.69, 9.17) is 22.1 Å². The zero-order valence-corrected chi connectivity index (χ0v) is 9.77. The quantitative estimate of drug-likeness (QED) is 0.863. The second-order valence-electron chi connectivity index (χ2n) is 4.40. The summed E-state index contributed by atoms with van der Waals surface area (Å²) in [6, 6.07) is 4.43. The molecule has 1 aromatic carbocycles. The van der Waals surface area contributed by atoms with Crippen LogP contribution in [-0.2, 0) is 0 Å². The highest BCUT2D eigenvalue weighted by Gasteiger charge is 2.42. The number of halogens is 2. The van der Waals surface area contributed by atoms with Crippen molar-refractivity contribution in [2.45, 2.75) is 19.3 Å². The van der Waals surface area contributed by atoms with Crippen molar-refractivity contribution in [3.8, 4) is 5.75 Å². The molecule has 2 N–H and O–H groups in total. The number of hydrogen-bond acceptors (Lipinski definition) is 2. The first-order valence-corrected chi connectivity index (χ1v) is 5.81. The third-order valence-electron chi connectivity index (χ3n) is 3.07. The SMILES string of the molecule is NCCC1(COc2ccc(F)c(Cl)c2)CC1. The van der Waals surface area contributed by atoms with Gasteiger partial charge in [-0.25, -0.2) is 4.39 Å². The van der Waals surface area contributed by atoms with E-state index in [9.17, 15) is 4.39 Å². The van der Waals surface area contributed by atoms with Crippen molar-refractivity contribution < 1.29 is 9.13 Å². The number of benzene rings is 1. The van der Waals surface area contributed by atoms with Crippen LogP contribution >= 0.6 is 11.6 Å². The molecule has 1 saturated carbocycles. The van der Waals surface area contributed by atoms with E-state index in [0.717, 1.165) is 6.42 Å². The summed E-state index contributed by atoms with van der Waals surface area (Å²) >= 11 is 5.67. The number of ether oxygens (including phenoxy) is 1. The Kier molecular flexibility index (Phi) is 3.36. The maximum atomic E-state index is 12.9. The summed E-state index contributed by atoms with van der Waals surface area (Å²) in [6.07, 6.45) is 3.32. The maximum absolute atomic E-state index is 12.9. The molecule has 0 unspecified atom stereocenters.